The van der Waals surface area contributed by atoms with Crippen molar-refractivity contribution in [2.75, 3.05) is 13.2 Å². The van der Waals surface area contributed by atoms with Crippen LogP contribution >= 0.6 is 0 Å². The molecule has 1 aliphatic rings. The number of nitrogens with zero attached hydrogens (tertiary/aromatic N) is 2. The Morgan fingerprint density at radius 3 is 3.07 bits per heavy atom. The molecule has 0 saturated carbocycles. The van der Waals surface area contributed by atoms with Crippen molar-refractivity contribution in [2.24, 2.45) is 5.73 Å². The van der Waals surface area contributed by atoms with Crippen LogP contribution in [-0.2, 0) is 16.7 Å². The Hall–Kier alpha value is -0.940. The molecule has 0 radical (unpaired) electrons. The van der Waals surface area contributed by atoms with Crippen LogP contribution in [0.2, 0.25) is 0 Å². The van der Waals surface area contributed by atoms with E-state index in [2.05, 4.69) is 17.1 Å². The molecule has 5 nitrogen and oxygen atoms in total. The molecule has 1 atom stereocenters. The van der Waals surface area contributed by atoms with Crippen LogP contribution in [0.3, 0.4) is 0 Å². The molecule has 0 spiro atoms. The summed E-state index contributed by atoms with van der Waals surface area (Å²) in [4.78, 5) is 4.27. The maximum atomic E-state index is 6.07. The number of hydrogen-bond acceptors (Lipinski definition) is 5. The second-order valence-electron chi connectivity index (χ2n) is 3.72. The quantitative estimate of drug-likeness (QED) is 0.767. The van der Waals surface area contributed by atoms with Gasteiger partial charge in [0, 0.05) is 13.0 Å². The topological polar surface area (TPSA) is 74.2 Å². The van der Waals surface area contributed by atoms with Gasteiger partial charge in [0.25, 0.3) is 0 Å². The summed E-state index contributed by atoms with van der Waals surface area (Å²) >= 11 is 0. The zero-order valence-electron chi connectivity index (χ0n) is 8.32. The van der Waals surface area contributed by atoms with Gasteiger partial charge in [0.15, 0.2) is 5.82 Å². The predicted molar refractivity (Wildman–Crippen MR) is 49.6 cm³/mol. The summed E-state index contributed by atoms with van der Waals surface area (Å²) in [5, 5.41) is 3.87. The molecule has 78 valence electrons. The molecule has 2 N–H and O–H groups in total. The minimum Gasteiger partial charge on any atom is -0.379 e. The summed E-state index contributed by atoms with van der Waals surface area (Å²) in [5.41, 5.74) is 5.51. The average molecular weight is 197 g/mol. The van der Waals surface area contributed by atoms with Crippen molar-refractivity contribution in [3.05, 3.63) is 11.7 Å². The molecule has 1 unspecified atom stereocenters. The number of ether oxygens (including phenoxy) is 1. The molecular weight excluding hydrogens is 182 g/mol. The minimum absolute atomic E-state index is 0.473. The van der Waals surface area contributed by atoms with Crippen LogP contribution in [0.4, 0.5) is 0 Å². The molecular formula is C9H15N3O2. The van der Waals surface area contributed by atoms with Gasteiger partial charge in [-0.3, -0.25) is 0 Å². The first kappa shape index (κ1) is 9.61. The van der Waals surface area contributed by atoms with Gasteiger partial charge in [-0.2, -0.15) is 4.98 Å². The first-order valence-electron chi connectivity index (χ1n) is 4.94. The lowest BCUT2D eigenvalue weighted by Crippen LogP contribution is -2.37. The molecule has 0 aromatic carbocycles. The zero-order valence-corrected chi connectivity index (χ0v) is 8.32. The Kier molecular flexibility index (Phi) is 2.52. The van der Waals surface area contributed by atoms with Crippen LogP contribution in [-0.4, -0.2) is 23.4 Å². The third-order valence-electron chi connectivity index (χ3n) is 2.42. The summed E-state index contributed by atoms with van der Waals surface area (Å²) in [6, 6.07) is 0. The molecule has 1 fully saturated rings. The minimum atomic E-state index is -0.557. The number of nitrogens with two attached hydrogens (primary N) is 1. The van der Waals surface area contributed by atoms with Crippen LogP contribution in [0.25, 0.3) is 0 Å². The Morgan fingerprint density at radius 1 is 1.57 bits per heavy atom. The van der Waals surface area contributed by atoms with Gasteiger partial charge in [0.2, 0.25) is 5.89 Å². The normalized spacial score (nSPS) is 27.0. The lowest BCUT2D eigenvalue weighted by atomic mass is 10.0. The van der Waals surface area contributed by atoms with Crippen molar-refractivity contribution in [1.82, 2.24) is 10.1 Å². The van der Waals surface area contributed by atoms with Crippen molar-refractivity contribution < 1.29 is 9.26 Å². The van der Waals surface area contributed by atoms with Gasteiger partial charge in [0.05, 0.1) is 6.61 Å². The number of aryl methyl sites for hydroxylation is 1. The fourth-order valence-corrected chi connectivity index (χ4v) is 1.53. The van der Waals surface area contributed by atoms with Gasteiger partial charge < -0.3 is 15.0 Å². The van der Waals surface area contributed by atoms with E-state index in [4.69, 9.17) is 15.0 Å². The predicted octanol–water partition coefficient (Wildman–Crippen LogP) is 0.596. The molecule has 0 bridgehead atoms. The Labute approximate surface area is 82.6 Å². The van der Waals surface area contributed by atoms with E-state index in [0.29, 0.717) is 19.1 Å². The summed E-state index contributed by atoms with van der Waals surface area (Å²) in [6.45, 7) is 3.22. The van der Waals surface area contributed by atoms with E-state index < -0.39 is 5.54 Å². The number of rotatable bonds is 3. The van der Waals surface area contributed by atoms with Gasteiger partial charge in [-0.15, -0.1) is 0 Å². The fourth-order valence-electron chi connectivity index (χ4n) is 1.53. The fraction of sp³-hybridized carbons (Fsp3) is 0.778. The van der Waals surface area contributed by atoms with Crippen LogP contribution in [0.15, 0.2) is 4.52 Å². The second-order valence-corrected chi connectivity index (χ2v) is 3.72. The molecule has 2 heterocycles. The molecule has 14 heavy (non-hydrogen) atoms. The van der Waals surface area contributed by atoms with Crippen LogP contribution in [0.5, 0.6) is 0 Å². The van der Waals surface area contributed by atoms with Gasteiger partial charge in [-0.25, -0.2) is 0 Å². The average Bonchev–Trinajstić information content (AvgIpc) is 2.75. The van der Waals surface area contributed by atoms with E-state index in [1.165, 1.54) is 0 Å². The first-order chi connectivity index (χ1) is 6.74. The smallest absolute Gasteiger partial charge is 0.249 e. The highest BCUT2D eigenvalue weighted by Crippen LogP contribution is 2.26. The van der Waals surface area contributed by atoms with Gasteiger partial charge in [0.1, 0.15) is 5.54 Å². The zero-order chi connectivity index (χ0) is 10.0. The summed E-state index contributed by atoms with van der Waals surface area (Å²) in [5.74, 6) is 1.25. The standard InChI is InChI=1S/C9H15N3O2/c1-2-3-7-11-8(14-12-7)9(10)4-5-13-6-9/h2-6,10H2,1H3. The third-order valence-corrected chi connectivity index (χ3v) is 2.42. The highest BCUT2D eigenvalue weighted by atomic mass is 16.5. The molecule has 1 aliphatic heterocycles. The van der Waals surface area contributed by atoms with E-state index in [0.717, 1.165) is 25.1 Å². The molecule has 1 aromatic heterocycles. The lowest BCUT2D eigenvalue weighted by molar-refractivity contribution is 0.166. The Bertz CT molecular complexity index is 305. The molecule has 1 aromatic rings. The molecule has 5 heteroatoms. The summed E-state index contributed by atoms with van der Waals surface area (Å²) in [7, 11) is 0. The van der Waals surface area contributed by atoms with Crippen LogP contribution < -0.4 is 5.73 Å². The lowest BCUT2D eigenvalue weighted by Gasteiger charge is -2.14. The number of aromatic nitrogens is 2. The first-order valence-corrected chi connectivity index (χ1v) is 4.94. The van der Waals surface area contributed by atoms with Crippen molar-refractivity contribution in [2.45, 2.75) is 31.7 Å². The SMILES string of the molecule is CCCc1noc(C2(N)CCOC2)n1. The van der Waals surface area contributed by atoms with Crippen LogP contribution in [0.1, 0.15) is 31.5 Å². The van der Waals surface area contributed by atoms with Gasteiger partial charge >= 0.3 is 0 Å². The van der Waals surface area contributed by atoms with E-state index in [-0.39, 0.29) is 0 Å². The highest BCUT2D eigenvalue weighted by Gasteiger charge is 2.37. The van der Waals surface area contributed by atoms with Crippen molar-refractivity contribution >= 4 is 0 Å². The van der Waals surface area contributed by atoms with Crippen molar-refractivity contribution in [3.8, 4) is 0 Å². The van der Waals surface area contributed by atoms with Crippen LogP contribution in [0, 0.1) is 0 Å². The summed E-state index contributed by atoms with van der Waals surface area (Å²) in [6.07, 6.45) is 2.59. The van der Waals surface area contributed by atoms with Crippen molar-refractivity contribution in [1.29, 1.82) is 0 Å². The van der Waals surface area contributed by atoms with Gasteiger partial charge in [-0.1, -0.05) is 12.1 Å². The number of hydrogen-bond donors (Lipinski definition) is 1. The Balaban J connectivity index is 2.15. The van der Waals surface area contributed by atoms with E-state index in [1.807, 2.05) is 0 Å². The molecule has 0 aliphatic carbocycles. The third kappa shape index (κ3) is 1.65. The Morgan fingerprint density at radius 2 is 2.43 bits per heavy atom. The summed E-state index contributed by atoms with van der Waals surface area (Å²) < 4.78 is 10.4. The molecule has 1 saturated heterocycles. The second kappa shape index (κ2) is 3.67. The van der Waals surface area contributed by atoms with E-state index in [9.17, 15) is 0 Å². The maximum absolute atomic E-state index is 6.07. The molecule has 0 amide bonds. The molecule has 2 rings (SSSR count). The van der Waals surface area contributed by atoms with Gasteiger partial charge in [-0.05, 0) is 12.8 Å². The highest BCUT2D eigenvalue weighted by molar-refractivity contribution is 5.04. The van der Waals surface area contributed by atoms with E-state index in [1.54, 1.807) is 0 Å². The monoisotopic (exact) mass is 197 g/mol. The largest absolute Gasteiger partial charge is 0.379 e. The maximum Gasteiger partial charge on any atom is 0.249 e. The van der Waals surface area contributed by atoms with E-state index >= 15 is 0 Å². The van der Waals surface area contributed by atoms with Crippen molar-refractivity contribution in [3.63, 3.8) is 0 Å².